The van der Waals surface area contributed by atoms with Gasteiger partial charge in [-0.05, 0) is 23.6 Å². The highest BCUT2D eigenvalue weighted by molar-refractivity contribution is 6.31. The van der Waals surface area contributed by atoms with Gasteiger partial charge in [0, 0.05) is 33.8 Å². The third kappa shape index (κ3) is 2.41. The van der Waals surface area contributed by atoms with E-state index >= 15 is 0 Å². The second-order valence-electron chi connectivity index (χ2n) is 4.48. The fourth-order valence-electron chi connectivity index (χ4n) is 2.03. The molecule has 0 amide bonds. The Morgan fingerprint density at radius 3 is 2.78 bits per heavy atom. The summed E-state index contributed by atoms with van der Waals surface area (Å²) in [5.41, 5.74) is 2.63. The molecule has 1 heterocycles. The van der Waals surface area contributed by atoms with Crippen LogP contribution < -0.4 is 0 Å². The van der Waals surface area contributed by atoms with Crippen molar-refractivity contribution in [2.75, 3.05) is 0 Å². The van der Waals surface area contributed by atoms with Crippen LogP contribution in [0.2, 0.25) is 5.02 Å². The standard InChI is InChI=1S/C14H14ClNO2/c1-8(2)11(6-14(17)18)12-7-16-13-5-9(15)3-4-10(12)13/h3-8,16H,1-2H3,(H,17,18)/b11-6+. The fraction of sp³-hybridized carbons (Fsp3) is 0.214. The molecule has 94 valence electrons. The van der Waals surface area contributed by atoms with E-state index in [0.717, 1.165) is 22.0 Å². The average Bonchev–Trinajstić information content (AvgIpc) is 2.67. The number of nitrogens with one attached hydrogen (secondary N) is 1. The number of hydrogen-bond acceptors (Lipinski definition) is 1. The van der Waals surface area contributed by atoms with E-state index in [2.05, 4.69) is 4.98 Å². The minimum atomic E-state index is -0.929. The van der Waals surface area contributed by atoms with Crippen LogP contribution in [0, 0.1) is 5.92 Å². The molecule has 3 nitrogen and oxygen atoms in total. The molecule has 0 spiro atoms. The molecule has 0 aliphatic carbocycles. The smallest absolute Gasteiger partial charge is 0.328 e. The van der Waals surface area contributed by atoms with Crippen molar-refractivity contribution in [3.8, 4) is 0 Å². The van der Waals surface area contributed by atoms with Crippen molar-refractivity contribution in [2.24, 2.45) is 5.92 Å². The third-order valence-electron chi connectivity index (χ3n) is 2.86. The van der Waals surface area contributed by atoms with Gasteiger partial charge in [-0.15, -0.1) is 0 Å². The van der Waals surface area contributed by atoms with Gasteiger partial charge in [0.25, 0.3) is 0 Å². The normalized spacial score (nSPS) is 12.3. The van der Waals surface area contributed by atoms with Crippen molar-refractivity contribution < 1.29 is 9.90 Å². The van der Waals surface area contributed by atoms with Crippen LogP contribution >= 0.6 is 11.6 Å². The first-order valence-corrected chi connectivity index (χ1v) is 6.08. The second-order valence-corrected chi connectivity index (χ2v) is 4.92. The monoisotopic (exact) mass is 263 g/mol. The Bertz CT molecular complexity index is 626. The number of carboxylic acids is 1. The number of aromatic amines is 1. The number of rotatable bonds is 3. The predicted molar refractivity (Wildman–Crippen MR) is 73.8 cm³/mol. The minimum Gasteiger partial charge on any atom is -0.478 e. The molecule has 0 unspecified atom stereocenters. The van der Waals surface area contributed by atoms with Gasteiger partial charge < -0.3 is 10.1 Å². The zero-order valence-corrected chi connectivity index (χ0v) is 11.0. The van der Waals surface area contributed by atoms with Crippen molar-refractivity contribution >= 4 is 34.0 Å². The summed E-state index contributed by atoms with van der Waals surface area (Å²) in [7, 11) is 0. The molecule has 0 atom stereocenters. The Labute approximate surface area is 110 Å². The lowest BCUT2D eigenvalue weighted by Crippen LogP contribution is -1.98. The molecule has 4 heteroatoms. The van der Waals surface area contributed by atoms with Crippen LogP contribution in [0.15, 0.2) is 30.5 Å². The van der Waals surface area contributed by atoms with E-state index in [9.17, 15) is 4.79 Å². The van der Waals surface area contributed by atoms with Gasteiger partial charge >= 0.3 is 5.97 Å². The summed E-state index contributed by atoms with van der Waals surface area (Å²) in [6, 6.07) is 5.54. The summed E-state index contributed by atoms with van der Waals surface area (Å²) in [6.45, 7) is 3.95. The summed E-state index contributed by atoms with van der Waals surface area (Å²) in [4.78, 5) is 14.0. The lowest BCUT2D eigenvalue weighted by atomic mass is 9.94. The van der Waals surface area contributed by atoms with Crippen molar-refractivity contribution in [2.45, 2.75) is 13.8 Å². The van der Waals surface area contributed by atoms with Crippen LogP contribution in [-0.4, -0.2) is 16.1 Å². The number of H-pyrrole nitrogens is 1. The van der Waals surface area contributed by atoms with E-state index < -0.39 is 5.97 Å². The number of carboxylic acid groups (broad SMARTS) is 1. The first kappa shape index (κ1) is 12.7. The zero-order valence-electron chi connectivity index (χ0n) is 10.2. The number of halogens is 1. The van der Waals surface area contributed by atoms with Crippen LogP contribution in [0.4, 0.5) is 0 Å². The molecule has 1 aromatic heterocycles. The average molecular weight is 264 g/mol. The van der Waals surface area contributed by atoms with E-state index in [1.807, 2.05) is 32.2 Å². The molecule has 2 N–H and O–H groups in total. The van der Waals surface area contributed by atoms with Crippen LogP contribution in [0.1, 0.15) is 19.4 Å². The number of aliphatic carboxylic acids is 1. The topological polar surface area (TPSA) is 53.1 Å². The molecule has 18 heavy (non-hydrogen) atoms. The summed E-state index contributed by atoms with van der Waals surface area (Å²) >= 11 is 5.93. The van der Waals surface area contributed by atoms with E-state index in [-0.39, 0.29) is 5.92 Å². The van der Waals surface area contributed by atoms with Crippen LogP contribution in [0.25, 0.3) is 16.5 Å². The highest BCUT2D eigenvalue weighted by Gasteiger charge is 2.13. The van der Waals surface area contributed by atoms with Crippen LogP contribution in [0.5, 0.6) is 0 Å². The highest BCUT2D eigenvalue weighted by Crippen LogP contribution is 2.31. The molecule has 0 radical (unpaired) electrons. The summed E-state index contributed by atoms with van der Waals surface area (Å²) in [6.07, 6.45) is 3.09. The first-order chi connectivity index (χ1) is 8.49. The number of benzene rings is 1. The lowest BCUT2D eigenvalue weighted by Gasteiger charge is -2.09. The molecule has 2 aromatic rings. The maximum Gasteiger partial charge on any atom is 0.328 e. The van der Waals surface area contributed by atoms with E-state index in [1.54, 1.807) is 6.07 Å². The molecular weight excluding hydrogens is 250 g/mol. The quantitative estimate of drug-likeness (QED) is 0.824. The van der Waals surface area contributed by atoms with Crippen molar-refractivity contribution in [1.29, 1.82) is 0 Å². The van der Waals surface area contributed by atoms with Gasteiger partial charge in [-0.2, -0.15) is 0 Å². The van der Waals surface area contributed by atoms with Gasteiger partial charge in [0.2, 0.25) is 0 Å². The molecule has 2 rings (SSSR count). The van der Waals surface area contributed by atoms with Gasteiger partial charge in [0.1, 0.15) is 0 Å². The van der Waals surface area contributed by atoms with Crippen LogP contribution in [0.3, 0.4) is 0 Å². The van der Waals surface area contributed by atoms with E-state index in [1.165, 1.54) is 6.08 Å². The SMILES string of the molecule is CC(C)/C(=C\C(=O)O)c1c[nH]c2cc(Cl)ccc12. The molecule has 0 bridgehead atoms. The van der Waals surface area contributed by atoms with Gasteiger partial charge in [-0.3, -0.25) is 0 Å². The highest BCUT2D eigenvalue weighted by atomic mass is 35.5. The number of aromatic nitrogens is 1. The number of allylic oxidation sites excluding steroid dienone is 1. The van der Waals surface area contributed by atoms with E-state index in [4.69, 9.17) is 16.7 Å². The van der Waals surface area contributed by atoms with Crippen LogP contribution in [-0.2, 0) is 4.79 Å². The molecule has 0 saturated heterocycles. The summed E-state index contributed by atoms with van der Waals surface area (Å²) < 4.78 is 0. The molecule has 0 saturated carbocycles. The Morgan fingerprint density at radius 1 is 1.44 bits per heavy atom. The minimum absolute atomic E-state index is 0.135. The van der Waals surface area contributed by atoms with Crippen molar-refractivity contribution in [1.82, 2.24) is 4.98 Å². The first-order valence-electron chi connectivity index (χ1n) is 5.70. The van der Waals surface area contributed by atoms with Gasteiger partial charge in [-0.25, -0.2) is 4.79 Å². The molecule has 0 fully saturated rings. The Kier molecular flexibility index (Phi) is 3.43. The van der Waals surface area contributed by atoms with Gasteiger partial charge in [-0.1, -0.05) is 31.5 Å². The third-order valence-corrected chi connectivity index (χ3v) is 3.09. The van der Waals surface area contributed by atoms with E-state index in [0.29, 0.717) is 5.02 Å². The second kappa shape index (κ2) is 4.86. The maximum absolute atomic E-state index is 10.9. The molecule has 0 aliphatic rings. The largest absolute Gasteiger partial charge is 0.478 e. The molecular formula is C14H14ClNO2. The zero-order chi connectivity index (χ0) is 13.3. The Balaban J connectivity index is 2.62. The van der Waals surface area contributed by atoms with Crippen molar-refractivity contribution in [3.05, 3.63) is 41.1 Å². The van der Waals surface area contributed by atoms with Gasteiger partial charge in [0.05, 0.1) is 0 Å². The lowest BCUT2D eigenvalue weighted by molar-refractivity contribution is -0.131. The summed E-state index contributed by atoms with van der Waals surface area (Å²) in [5.74, 6) is -0.794. The number of fused-ring (bicyclic) bond motifs is 1. The predicted octanol–water partition coefficient (Wildman–Crippen LogP) is 3.95. The molecule has 0 aliphatic heterocycles. The fourth-order valence-corrected chi connectivity index (χ4v) is 2.20. The number of hydrogen-bond donors (Lipinski definition) is 2. The maximum atomic E-state index is 10.9. The Hall–Kier alpha value is -1.74. The Morgan fingerprint density at radius 2 is 2.17 bits per heavy atom. The summed E-state index contributed by atoms with van der Waals surface area (Å²) in [5, 5.41) is 10.6. The van der Waals surface area contributed by atoms with Crippen molar-refractivity contribution in [3.63, 3.8) is 0 Å². The van der Waals surface area contributed by atoms with Gasteiger partial charge in [0.15, 0.2) is 0 Å². The molecule has 1 aromatic carbocycles. The number of carbonyl (C=O) groups is 1.